The third-order valence-corrected chi connectivity index (χ3v) is 12.6. The smallest absolute Gasteiger partial charge is 0.0562 e. The fraction of sp³-hybridized carbons (Fsp3) is 0.143. The van der Waals surface area contributed by atoms with Gasteiger partial charge in [0.1, 0.15) is 0 Å². The number of para-hydroxylation sites is 5. The molecule has 286 valence electrons. The van der Waals surface area contributed by atoms with Gasteiger partial charge in [-0.25, -0.2) is 0 Å². The highest BCUT2D eigenvalue weighted by molar-refractivity contribution is 6.13. The molecule has 0 saturated carbocycles. The van der Waals surface area contributed by atoms with Crippen LogP contribution >= 0.6 is 0 Å². The van der Waals surface area contributed by atoms with E-state index in [0.29, 0.717) is 0 Å². The van der Waals surface area contributed by atoms with E-state index in [2.05, 4.69) is 231 Å². The molecule has 0 aliphatic heterocycles. The molecule has 3 aromatic heterocycles. The van der Waals surface area contributed by atoms with Gasteiger partial charge >= 0.3 is 0 Å². The van der Waals surface area contributed by atoms with Crippen molar-refractivity contribution >= 4 is 65.4 Å². The second-order valence-electron chi connectivity index (χ2n) is 18.3. The number of aromatic nitrogens is 3. The van der Waals surface area contributed by atoms with Crippen LogP contribution in [-0.4, -0.2) is 13.7 Å². The van der Waals surface area contributed by atoms with Gasteiger partial charge in [0.05, 0.1) is 44.5 Å². The van der Waals surface area contributed by atoms with Crippen LogP contribution in [0.3, 0.4) is 0 Å². The molecule has 59 heavy (non-hydrogen) atoms. The molecule has 0 fully saturated rings. The Hall–Kier alpha value is -6.84. The summed E-state index contributed by atoms with van der Waals surface area (Å²) in [6, 6.07) is 65.6. The Kier molecular flexibility index (Phi) is 7.68. The molecule has 0 aliphatic carbocycles. The van der Waals surface area contributed by atoms with E-state index in [1.807, 2.05) is 0 Å². The van der Waals surface area contributed by atoms with Gasteiger partial charge in [-0.2, -0.15) is 0 Å². The first-order valence-electron chi connectivity index (χ1n) is 20.9. The Morgan fingerprint density at radius 1 is 0.288 bits per heavy atom. The van der Waals surface area contributed by atoms with Crippen molar-refractivity contribution in [2.24, 2.45) is 0 Å². The first kappa shape index (κ1) is 35.3. The van der Waals surface area contributed by atoms with E-state index in [-0.39, 0.29) is 10.8 Å². The highest BCUT2D eigenvalue weighted by Gasteiger charge is 2.24. The van der Waals surface area contributed by atoms with E-state index in [4.69, 9.17) is 0 Å². The third-order valence-electron chi connectivity index (χ3n) is 12.6. The Labute approximate surface area is 345 Å². The summed E-state index contributed by atoms with van der Waals surface area (Å²) < 4.78 is 7.44. The third kappa shape index (κ3) is 5.41. The van der Waals surface area contributed by atoms with Crippen LogP contribution in [0, 0.1) is 0 Å². The number of hydrogen-bond acceptors (Lipinski definition) is 0. The van der Waals surface area contributed by atoms with Crippen LogP contribution in [0.5, 0.6) is 0 Å². The summed E-state index contributed by atoms with van der Waals surface area (Å²) in [6.07, 6.45) is 0. The number of rotatable bonds is 4. The minimum atomic E-state index is 0.0253. The highest BCUT2D eigenvalue weighted by Crippen LogP contribution is 2.44. The maximum absolute atomic E-state index is 2.51. The molecule has 0 spiro atoms. The average Bonchev–Trinajstić information content (AvgIpc) is 3.88. The molecule has 3 heterocycles. The Balaban J connectivity index is 1.24. The molecule has 11 aromatic rings. The number of fused-ring (bicyclic) bond motifs is 9. The number of hydrogen-bond donors (Lipinski definition) is 0. The lowest BCUT2D eigenvalue weighted by Crippen LogP contribution is -2.10. The van der Waals surface area contributed by atoms with Gasteiger partial charge in [0, 0.05) is 49.1 Å². The topological polar surface area (TPSA) is 14.8 Å². The van der Waals surface area contributed by atoms with E-state index >= 15 is 0 Å². The lowest BCUT2D eigenvalue weighted by atomic mass is 9.85. The zero-order valence-electron chi connectivity index (χ0n) is 34.6. The van der Waals surface area contributed by atoms with Crippen LogP contribution in [0.25, 0.3) is 93.6 Å². The van der Waals surface area contributed by atoms with Gasteiger partial charge in [0.25, 0.3) is 0 Å². The van der Waals surface area contributed by atoms with Gasteiger partial charge in [-0.3, -0.25) is 0 Å². The summed E-state index contributed by atoms with van der Waals surface area (Å²) in [5.74, 6) is 0. The van der Waals surface area contributed by atoms with Gasteiger partial charge in [0.2, 0.25) is 0 Å². The van der Waals surface area contributed by atoms with Crippen LogP contribution < -0.4 is 0 Å². The average molecular weight is 762 g/mol. The predicted octanol–water partition coefficient (Wildman–Crippen LogP) is 15.2. The fourth-order valence-corrected chi connectivity index (χ4v) is 9.57. The Morgan fingerprint density at radius 3 is 1.14 bits per heavy atom. The van der Waals surface area contributed by atoms with E-state index < -0.39 is 0 Å². The molecule has 0 atom stereocenters. The molecule has 0 bridgehead atoms. The quantitative estimate of drug-likeness (QED) is 0.170. The molecule has 0 N–H and O–H groups in total. The predicted molar refractivity (Wildman–Crippen MR) is 252 cm³/mol. The molecule has 11 rings (SSSR count). The second-order valence-corrected chi connectivity index (χ2v) is 18.3. The number of benzene rings is 8. The van der Waals surface area contributed by atoms with Crippen molar-refractivity contribution in [3.05, 3.63) is 187 Å². The normalized spacial score (nSPS) is 12.6. The van der Waals surface area contributed by atoms with Crippen LogP contribution in [-0.2, 0) is 10.8 Å². The van der Waals surface area contributed by atoms with Gasteiger partial charge in [-0.1, -0.05) is 151 Å². The van der Waals surface area contributed by atoms with Crippen molar-refractivity contribution in [3.63, 3.8) is 0 Å². The van der Waals surface area contributed by atoms with Crippen molar-refractivity contribution in [1.82, 2.24) is 13.7 Å². The minimum absolute atomic E-state index is 0.0253. The van der Waals surface area contributed by atoms with Crippen LogP contribution in [0.15, 0.2) is 176 Å². The molecule has 0 saturated heterocycles. The van der Waals surface area contributed by atoms with Gasteiger partial charge in [-0.05, 0) is 88.7 Å². The zero-order valence-corrected chi connectivity index (χ0v) is 34.6. The van der Waals surface area contributed by atoms with E-state index in [9.17, 15) is 0 Å². The van der Waals surface area contributed by atoms with Crippen molar-refractivity contribution in [3.8, 4) is 28.2 Å². The van der Waals surface area contributed by atoms with Crippen molar-refractivity contribution in [2.45, 2.75) is 52.4 Å². The summed E-state index contributed by atoms with van der Waals surface area (Å²) in [7, 11) is 0. The lowest BCUT2D eigenvalue weighted by molar-refractivity contribution is 0.590. The molecule has 8 aromatic carbocycles. The zero-order chi connectivity index (χ0) is 40.2. The fourth-order valence-electron chi connectivity index (χ4n) is 9.57. The van der Waals surface area contributed by atoms with Crippen molar-refractivity contribution < 1.29 is 0 Å². The first-order chi connectivity index (χ1) is 28.6. The Morgan fingerprint density at radius 2 is 0.661 bits per heavy atom. The lowest BCUT2D eigenvalue weighted by Gasteiger charge is -2.21. The summed E-state index contributed by atoms with van der Waals surface area (Å²) in [4.78, 5) is 0. The molecule has 0 radical (unpaired) electrons. The van der Waals surface area contributed by atoms with Gasteiger partial charge in [-0.15, -0.1) is 0 Å². The SMILES string of the molecule is CC(C)(C)c1ccc2c(c1)c1cc(C(C)(C)C)ccc1n2-c1ccccc1-c1ccc(-n2c3ccccc3c3ccccc32)cc1-n1c2ccccc2c2ccccc21. The molecule has 0 unspecified atom stereocenters. The van der Waals surface area contributed by atoms with E-state index in [1.165, 1.54) is 87.7 Å². The van der Waals surface area contributed by atoms with E-state index in [1.54, 1.807) is 0 Å². The largest absolute Gasteiger partial charge is 0.309 e. The van der Waals surface area contributed by atoms with Crippen LogP contribution in [0.4, 0.5) is 0 Å². The molecule has 3 nitrogen and oxygen atoms in total. The molecular weight excluding hydrogens is 715 g/mol. The summed E-state index contributed by atoms with van der Waals surface area (Å²) >= 11 is 0. The first-order valence-corrected chi connectivity index (χ1v) is 20.9. The molecule has 3 heteroatoms. The Bertz CT molecular complexity index is 3280. The van der Waals surface area contributed by atoms with E-state index in [0.717, 1.165) is 17.1 Å². The van der Waals surface area contributed by atoms with Crippen LogP contribution in [0.1, 0.15) is 52.7 Å². The monoisotopic (exact) mass is 761 g/mol. The van der Waals surface area contributed by atoms with Gasteiger partial charge < -0.3 is 13.7 Å². The summed E-state index contributed by atoms with van der Waals surface area (Å²) in [6.45, 7) is 13.8. The number of nitrogens with zero attached hydrogens (tertiary/aromatic N) is 3. The minimum Gasteiger partial charge on any atom is -0.309 e. The van der Waals surface area contributed by atoms with Gasteiger partial charge in [0.15, 0.2) is 0 Å². The maximum atomic E-state index is 2.51. The van der Waals surface area contributed by atoms with Crippen LogP contribution in [0.2, 0.25) is 0 Å². The standard InChI is InChI=1S/C56H47N3/c1-55(2,3)36-27-31-52-45(33-36)46-34-37(56(4,5)6)28-32-53(46)58(52)49-24-14-11-21-43(49)44-30-29-38(57-47-22-12-7-17-39(47)40-18-8-13-23-48(40)57)35-54(44)59-50-25-15-9-19-41(50)42-20-10-16-26-51(42)59/h7-35H,1-6H3. The maximum Gasteiger partial charge on any atom is 0.0562 e. The molecule has 0 amide bonds. The summed E-state index contributed by atoms with van der Waals surface area (Å²) in [5.41, 5.74) is 15.7. The molecular formula is C56H47N3. The van der Waals surface area contributed by atoms with Crippen molar-refractivity contribution in [2.75, 3.05) is 0 Å². The second kappa shape index (κ2) is 12.8. The highest BCUT2D eigenvalue weighted by atomic mass is 15.0. The molecule has 0 aliphatic rings. The summed E-state index contributed by atoms with van der Waals surface area (Å²) in [5, 5.41) is 7.58. The van der Waals surface area contributed by atoms with Crippen molar-refractivity contribution in [1.29, 1.82) is 0 Å².